The predicted octanol–water partition coefficient (Wildman–Crippen LogP) is 2.02. The molecule has 0 spiro atoms. The molecule has 1 aliphatic rings. The molecular weight excluding hydrogens is 250 g/mol. The van der Waals surface area contributed by atoms with Crippen LogP contribution in [0.5, 0.6) is 0 Å². The van der Waals surface area contributed by atoms with E-state index in [4.69, 9.17) is 5.73 Å². The minimum atomic E-state index is -0.816. The van der Waals surface area contributed by atoms with Crippen LogP contribution in [0.3, 0.4) is 0 Å². The van der Waals surface area contributed by atoms with Crippen LogP contribution in [0.15, 0.2) is 18.2 Å². The lowest BCUT2D eigenvalue weighted by atomic mass is 9.93. The number of amides is 1. The van der Waals surface area contributed by atoms with E-state index in [9.17, 15) is 13.6 Å². The topological polar surface area (TPSA) is 46.3 Å². The van der Waals surface area contributed by atoms with Gasteiger partial charge in [-0.25, -0.2) is 8.78 Å². The molecule has 1 saturated heterocycles. The number of hydrogen-bond donors (Lipinski definition) is 1. The van der Waals surface area contributed by atoms with Crippen LogP contribution in [0.1, 0.15) is 30.7 Å². The van der Waals surface area contributed by atoms with Crippen LogP contribution in [-0.2, 0) is 4.79 Å². The average Bonchev–Trinajstić information content (AvgIpc) is 2.57. The van der Waals surface area contributed by atoms with Gasteiger partial charge in [0.25, 0.3) is 0 Å². The third-order valence-electron chi connectivity index (χ3n) is 3.56. The molecule has 104 valence electrons. The third-order valence-corrected chi connectivity index (χ3v) is 3.56. The number of carbonyl (C=O) groups excluding carboxylic acids is 1. The van der Waals surface area contributed by atoms with Crippen molar-refractivity contribution in [1.82, 2.24) is 4.90 Å². The van der Waals surface area contributed by atoms with Gasteiger partial charge in [0.15, 0.2) is 11.6 Å². The summed E-state index contributed by atoms with van der Waals surface area (Å²) in [6, 6.07) is 4.27. The van der Waals surface area contributed by atoms with Gasteiger partial charge in [0, 0.05) is 6.54 Å². The molecule has 0 aliphatic carbocycles. The van der Waals surface area contributed by atoms with Crippen LogP contribution in [0.4, 0.5) is 8.78 Å². The second-order valence-corrected chi connectivity index (χ2v) is 5.04. The standard InChI is InChI=1S/C14H18F2N2O/c15-12-6-3-5-11(14(12)16)10-4-1-2-7-18(8-10)9-13(17)19/h3,5-6,10H,1-2,4,7-9H2,(H2,17,19). The maximum atomic E-state index is 13.8. The molecule has 3 nitrogen and oxygen atoms in total. The number of halogens is 2. The summed E-state index contributed by atoms with van der Waals surface area (Å²) in [6.45, 7) is 1.49. The first-order valence-corrected chi connectivity index (χ1v) is 6.52. The number of hydrogen-bond acceptors (Lipinski definition) is 2. The molecule has 19 heavy (non-hydrogen) atoms. The van der Waals surface area contributed by atoms with E-state index in [1.807, 2.05) is 4.90 Å². The molecule has 1 heterocycles. The van der Waals surface area contributed by atoms with Gasteiger partial charge in [-0.3, -0.25) is 9.69 Å². The maximum absolute atomic E-state index is 13.8. The largest absolute Gasteiger partial charge is 0.369 e. The Kier molecular flexibility index (Phi) is 4.47. The highest BCUT2D eigenvalue weighted by Crippen LogP contribution is 2.29. The summed E-state index contributed by atoms with van der Waals surface area (Å²) in [7, 11) is 0. The molecule has 1 aromatic rings. The van der Waals surface area contributed by atoms with E-state index in [1.54, 1.807) is 6.07 Å². The number of carbonyl (C=O) groups is 1. The van der Waals surface area contributed by atoms with Crippen molar-refractivity contribution in [2.45, 2.75) is 25.2 Å². The van der Waals surface area contributed by atoms with Gasteiger partial charge in [-0.15, -0.1) is 0 Å². The summed E-state index contributed by atoms with van der Waals surface area (Å²) in [5.74, 6) is -2.06. The van der Waals surface area contributed by atoms with E-state index in [-0.39, 0.29) is 18.4 Å². The molecule has 1 amide bonds. The van der Waals surface area contributed by atoms with Crippen molar-refractivity contribution in [2.75, 3.05) is 19.6 Å². The summed E-state index contributed by atoms with van der Waals surface area (Å²) in [5.41, 5.74) is 5.60. The molecule has 1 fully saturated rings. The van der Waals surface area contributed by atoms with E-state index < -0.39 is 11.6 Å². The number of nitrogens with zero attached hydrogens (tertiary/aromatic N) is 1. The summed E-state index contributed by atoms with van der Waals surface area (Å²) in [5, 5.41) is 0. The Labute approximate surface area is 111 Å². The minimum absolute atomic E-state index is 0.0856. The van der Waals surface area contributed by atoms with Crippen molar-refractivity contribution in [3.8, 4) is 0 Å². The van der Waals surface area contributed by atoms with Gasteiger partial charge in [0.05, 0.1) is 6.54 Å². The van der Waals surface area contributed by atoms with Crippen molar-refractivity contribution < 1.29 is 13.6 Å². The molecule has 5 heteroatoms. The molecule has 1 atom stereocenters. The minimum Gasteiger partial charge on any atom is -0.369 e. The fourth-order valence-electron chi connectivity index (χ4n) is 2.67. The van der Waals surface area contributed by atoms with Crippen LogP contribution in [0.25, 0.3) is 0 Å². The fraction of sp³-hybridized carbons (Fsp3) is 0.500. The van der Waals surface area contributed by atoms with Crippen LogP contribution in [0, 0.1) is 11.6 Å². The number of rotatable bonds is 3. The second kappa shape index (κ2) is 6.10. The Morgan fingerprint density at radius 3 is 2.89 bits per heavy atom. The first kappa shape index (κ1) is 13.9. The summed E-state index contributed by atoms with van der Waals surface area (Å²) < 4.78 is 27.1. The SMILES string of the molecule is NC(=O)CN1CCCCC(c2cccc(F)c2F)C1. The molecule has 0 saturated carbocycles. The molecule has 0 radical (unpaired) electrons. The molecule has 2 N–H and O–H groups in total. The quantitative estimate of drug-likeness (QED) is 0.911. The van der Waals surface area contributed by atoms with E-state index in [0.717, 1.165) is 31.9 Å². The van der Waals surface area contributed by atoms with E-state index in [1.165, 1.54) is 6.07 Å². The highest BCUT2D eigenvalue weighted by molar-refractivity contribution is 5.75. The smallest absolute Gasteiger partial charge is 0.231 e. The number of likely N-dealkylation sites (tertiary alicyclic amines) is 1. The maximum Gasteiger partial charge on any atom is 0.231 e. The van der Waals surface area contributed by atoms with Gasteiger partial charge in [0.2, 0.25) is 5.91 Å². The first-order valence-electron chi connectivity index (χ1n) is 6.52. The second-order valence-electron chi connectivity index (χ2n) is 5.04. The fourth-order valence-corrected chi connectivity index (χ4v) is 2.67. The number of nitrogens with two attached hydrogens (primary N) is 1. The summed E-state index contributed by atoms with van der Waals surface area (Å²) >= 11 is 0. The van der Waals surface area contributed by atoms with E-state index in [0.29, 0.717) is 12.1 Å². The summed E-state index contributed by atoms with van der Waals surface area (Å²) in [4.78, 5) is 12.9. The monoisotopic (exact) mass is 268 g/mol. The Balaban J connectivity index is 2.17. The van der Waals surface area contributed by atoms with Gasteiger partial charge in [-0.1, -0.05) is 18.6 Å². The van der Waals surface area contributed by atoms with Gasteiger partial charge in [-0.05, 0) is 36.9 Å². The molecule has 0 aromatic heterocycles. The zero-order chi connectivity index (χ0) is 13.8. The lowest BCUT2D eigenvalue weighted by molar-refractivity contribution is -0.119. The molecule has 1 unspecified atom stereocenters. The highest BCUT2D eigenvalue weighted by atomic mass is 19.2. The van der Waals surface area contributed by atoms with Crippen molar-refractivity contribution in [3.05, 3.63) is 35.4 Å². The Hall–Kier alpha value is -1.49. The lowest BCUT2D eigenvalue weighted by Crippen LogP contribution is -2.36. The van der Waals surface area contributed by atoms with Crippen LogP contribution >= 0.6 is 0 Å². The lowest BCUT2D eigenvalue weighted by Gasteiger charge is -2.23. The van der Waals surface area contributed by atoms with Crippen molar-refractivity contribution >= 4 is 5.91 Å². The van der Waals surface area contributed by atoms with Crippen LogP contribution < -0.4 is 5.73 Å². The van der Waals surface area contributed by atoms with Gasteiger partial charge < -0.3 is 5.73 Å². The Morgan fingerprint density at radius 1 is 1.37 bits per heavy atom. The Morgan fingerprint density at radius 2 is 2.16 bits per heavy atom. The van der Waals surface area contributed by atoms with Crippen molar-refractivity contribution in [3.63, 3.8) is 0 Å². The zero-order valence-corrected chi connectivity index (χ0v) is 10.7. The molecule has 1 aromatic carbocycles. The zero-order valence-electron chi connectivity index (χ0n) is 10.7. The summed E-state index contributed by atoms with van der Waals surface area (Å²) in [6.07, 6.45) is 2.69. The van der Waals surface area contributed by atoms with Gasteiger partial charge in [0.1, 0.15) is 0 Å². The van der Waals surface area contributed by atoms with Gasteiger partial charge in [-0.2, -0.15) is 0 Å². The van der Waals surface area contributed by atoms with Crippen molar-refractivity contribution in [2.24, 2.45) is 5.73 Å². The first-order chi connectivity index (χ1) is 9.08. The van der Waals surface area contributed by atoms with Crippen LogP contribution in [-0.4, -0.2) is 30.4 Å². The Bertz CT molecular complexity index is 465. The normalized spacial score (nSPS) is 21.1. The number of primary amides is 1. The average molecular weight is 268 g/mol. The van der Waals surface area contributed by atoms with E-state index >= 15 is 0 Å². The van der Waals surface area contributed by atoms with E-state index in [2.05, 4.69) is 0 Å². The van der Waals surface area contributed by atoms with Crippen molar-refractivity contribution in [1.29, 1.82) is 0 Å². The van der Waals surface area contributed by atoms with Gasteiger partial charge >= 0.3 is 0 Å². The molecule has 1 aliphatic heterocycles. The number of benzene rings is 1. The molecule has 2 rings (SSSR count). The predicted molar refractivity (Wildman–Crippen MR) is 68.6 cm³/mol. The third kappa shape index (κ3) is 3.50. The molecule has 0 bridgehead atoms. The molecular formula is C14H18F2N2O. The highest BCUT2D eigenvalue weighted by Gasteiger charge is 2.23. The van der Waals surface area contributed by atoms with Crippen LogP contribution in [0.2, 0.25) is 0 Å².